The number of nitrogen functional groups attached to an aromatic ring is 1. The van der Waals surface area contributed by atoms with E-state index in [0.29, 0.717) is 0 Å². The average molecular weight is 264 g/mol. The van der Waals surface area contributed by atoms with Crippen LogP contribution in [0.25, 0.3) is 0 Å². The van der Waals surface area contributed by atoms with E-state index < -0.39 is 0 Å². The summed E-state index contributed by atoms with van der Waals surface area (Å²) in [5.74, 6) is 0. The first-order valence-electron chi connectivity index (χ1n) is 1.87. The van der Waals surface area contributed by atoms with E-state index >= 15 is 0 Å². The van der Waals surface area contributed by atoms with E-state index in [1.54, 1.807) is 0 Å². The SMILES string of the molecule is Nc1ccc[cH-]1.[W+2]. The third-order valence-corrected chi connectivity index (χ3v) is 0.688. The van der Waals surface area contributed by atoms with E-state index in [2.05, 4.69) is 0 Å². The minimum atomic E-state index is 0. The molecule has 1 aromatic carbocycles. The standard InChI is InChI=1S/C5H6N.W/c6-5-3-1-2-4-5;/h1-4H,6H2;/q-1;+2. The Hall–Kier alpha value is -0.162. The Morgan fingerprint density at radius 1 is 1.57 bits per heavy atom. The van der Waals surface area contributed by atoms with E-state index in [1.807, 2.05) is 24.3 Å². The molecule has 0 atom stereocenters. The van der Waals surface area contributed by atoms with Gasteiger partial charge in [0.15, 0.2) is 0 Å². The summed E-state index contributed by atoms with van der Waals surface area (Å²) in [5, 5.41) is 0. The van der Waals surface area contributed by atoms with Crippen molar-refractivity contribution in [1.82, 2.24) is 0 Å². The molecule has 0 unspecified atom stereocenters. The van der Waals surface area contributed by atoms with Gasteiger partial charge in [-0.2, -0.15) is 12.1 Å². The molecule has 0 aliphatic heterocycles. The van der Waals surface area contributed by atoms with Gasteiger partial charge in [0, 0.05) is 0 Å². The summed E-state index contributed by atoms with van der Waals surface area (Å²) in [6.07, 6.45) is 0. The Bertz CT molecular complexity index is 112. The van der Waals surface area contributed by atoms with Crippen molar-refractivity contribution in [2.75, 3.05) is 5.73 Å². The van der Waals surface area contributed by atoms with Gasteiger partial charge in [0.05, 0.1) is 0 Å². The predicted octanol–water partition coefficient (Wildman–Crippen LogP) is 0.985. The van der Waals surface area contributed by atoms with Gasteiger partial charge in [-0.05, 0) is 0 Å². The van der Waals surface area contributed by atoms with Gasteiger partial charge < -0.3 is 5.73 Å². The van der Waals surface area contributed by atoms with Crippen molar-refractivity contribution < 1.29 is 21.1 Å². The maximum absolute atomic E-state index is 5.28. The maximum Gasteiger partial charge on any atom is 2.00 e. The summed E-state index contributed by atoms with van der Waals surface area (Å²) >= 11 is 0. The van der Waals surface area contributed by atoms with E-state index in [9.17, 15) is 0 Å². The van der Waals surface area contributed by atoms with E-state index in [4.69, 9.17) is 5.73 Å². The van der Waals surface area contributed by atoms with Crippen molar-refractivity contribution in [2.45, 2.75) is 0 Å². The van der Waals surface area contributed by atoms with Crippen LogP contribution in [0.1, 0.15) is 0 Å². The molecule has 0 saturated heterocycles. The Morgan fingerprint density at radius 2 is 2.29 bits per heavy atom. The molecule has 0 aliphatic rings. The van der Waals surface area contributed by atoms with Gasteiger partial charge in [-0.1, -0.05) is 5.69 Å². The largest absolute Gasteiger partial charge is 2.00 e. The first-order valence-corrected chi connectivity index (χ1v) is 1.87. The molecule has 36 valence electrons. The van der Waals surface area contributed by atoms with Crippen LogP contribution in [-0.4, -0.2) is 0 Å². The molecular weight excluding hydrogens is 258 g/mol. The summed E-state index contributed by atoms with van der Waals surface area (Å²) in [7, 11) is 0. The van der Waals surface area contributed by atoms with Crippen LogP contribution in [0.4, 0.5) is 5.69 Å². The molecule has 0 saturated carbocycles. The molecular formula is C5H6NW+. The van der Waals surface area contributed by atoms with Crippen molar-refractivity contribution in [2.24, 2.45) is 0 Å². The third-order valence-electron chi connectivity index (χ3n) is 0.688. The molecule has 2 N–H and O–H groups in total. The van der Waals surface area contributed by atoms with Crippen LogP contribution in [0.3, 0.4) is 0 Å². The zero-order valence-electron chi connectivity index (χ0n) is 3.79. The zero-order valence-corrected chi connectivity index (χ0v) is 6.73. The van der Waals surface area contributed by atoms with Crippen LogP contribution in [0.5, 0.6) is 0 Å². The van der Waals surface area contributed by atoms with Gasteiger partial charge >= 0.3 is 21.1 Å². The van der Waals surface area contributed by atoms with Crippen LogP contribution < -0.4 is 5.73 Å². The fraction of sp³-hybridized carbons (Fsp3) is 0. The van der Waals surface area contributed by atoms with Crippen molar-refractivity contribution in [3.05, 3.63) is 24.3 Å². The number of nitrogens with two attached hydrogens (primary N) is 1. The molecule has 1 rings (SSSR count). The van der Waals surface area contributed by atoms with Gasteiger partial charge in [-0.15, -0.1) is 6.07 Å². The molecule has 0 bridgehead atoms. The van der Waals surface area contributed by atoms with Crippen LogP contribution in [-0.2, 0) is 21.1 Å². The van der Waals surface area contributed by atoms with Crippen molar-refractivity contribution >= 4 is 5.69 Å². The Morgan fingerprint density at radius 3 is 2.43 bits per heavy atom. The van der Waals surface area contributed by atoms with Crippen LogP contribution in [0, 0.1) is 0 Å². The molecule has 0 aromatic heterocycles. The van der Waals surface area contributed by atoms with E-state index in [-0.39, 0.29) is 21.1 Å². The molecule has 0 heterocycles. The minimum absolute atomic E-state index is 0. The van der Waals surface area contributed by atoms with Crippen LogP contribution >= 0.6 is 0 Å². The fourth-order valence-electron chi connectivity index (χ4n) is 0.389. The second-order valence-electron chi connectivity index (χ2n) is 1.22. The van der Waals surface area contributed by atoms with Gasteiger partial charge in [0.2, 0.25) is 0 Å². The number of anilines is 1. The molecule has 0 aliphatic carbocycles. The minimum Gasteiger partial charge on any atom is -0.420 e. The second kappa shape index (κ2) is 2.92. The predicted molar refractivity (Wildman–Crippen MR) is 26.4 cm³/mol. The summed E-state index contributed by atoms with van der Waals surface area (Å²) in [4.78, 5) is 0. The van der Waals surface area contributed by atoms with Crippen molar-refractivity contribution in [3.8, 4) is 0 Å². The van der Waals surface area contributed by atoms with Crippen molar-refractivity contribution in [1.29, 1.82) is 0 Å². The smallest absolute Gasteiger partial charge is 0.420 e. The number of rotatable bonds is 0. The van der Waals surface area contributed by atoms with E-state index in [1.165, 1.54) is 0 Å². The van der Waals surface area contributed by atoms with Crippen LogP contribution in [0.2, 0.25) is 0 Å². The van der Waals surface area contributed by atoms with Gasteiger partial charge in [-0.3, -0.25) is 0 Å². The van der Waals surface area contributed by atoms with Crippen molar-refractivity contribution in [3.63, 3.8) is 0 Å². The molecule has 7 heavy (non-hydrogen) atoms. The summed E-state index contributed by atoms with van der Waals surface area (Å²) < 4.78 is 0. The normalized spacial score (nSPS) is 7.43. The molecule has 0 radical (unpaired) electrons. The topological polar surface area (TPSA) is 26.0 Å². The molecule has 1 aromatic rings. The average Bonchev–Trinajstić information content (AvgIpc) is 1.86. The fourth-order valence-corrected chi connectivity index (χ4v) is 0.389. The quantitative estimate of drug-likeness (QED) is 0.694. The van der Waals surface area contributed by atoms with E-state index in [0.717, 1.165) is 5.69 Å². The first-order chi connectivity index (χ1) is 2.89. The Balaban J connectivity index is 0.000000360. The van der Waals surface area contributed by atoms with Gasteiger partial charge in [0.25, 0.3) is 0 Å². The zero-order chi connectivity index (χ0) is 4.41. The van der Waals surface area contributed by atoms with Crippen LogP contribution in [0.15, 0.2) is 24.3 Å². The Labute approximate surface area is 57.1 Å². The second-order valence-corrected chi connectivity index (χ2v) is 1.22. The first kappa shape index (κ1) is 6.84. The van der Waals surface area contributed by atoms with Gasteiger partial charge in [-0.25, -0.2) is 6.07 Å². The molecule has 2 heteroatoms. The maximum atomic E-state index is 5.28. The molecule has 0 amide bonds. The third kappa shape index (κ3) is 1.84. The van der Waals surface area contributed by atoms with Gasteiger partial charge in [0.1, 0.15) is 0 Å². The monoisotopic (exact) mass is 264 g/mol. The Kier molecular flexibility index (Phi) is 2.86. The molecule has 1 nitrogen and oxygen atoms in total. The molecule has 0 fully saturated rings. The summed E-state index contributed by atoms with van der Waals surface area (Å²) in [6.45, 7) is 0. The summed E-state index contributed by atoms with van der Waals surface area (Å²) in [5.41, 5.74) is 6.12. The number of hydrogen-bond acceptors (Lipinski definition) is 1. The summed E-state index contributed by atoms with van der Waals surface area (Å²) in [6, 6.07) is 7.55. The number of hydrogen-bond donors (Lipinski definition) is 1. The molecule has 0 spiro atoms.